The number of aromatic nitrogens is 3. The molecular formula is C31H40N7O6S-. The number of carboxylic acids is 1. The molecule has 2 amide bonds. The molecule has 0 saturated carbocycles. The van der Waals surface area contributed by atoms with Crippen LogP contribution in [-0.2, 0) is 4.74 Å². The molecule has 14 heteroatoms. The van der Waals surface area contributed by atoms with E-state index in [1.807, 2.05) is 25.1 Å². The smallest absolute Gasteiger partial charge is 0.410 e. The van der Waals surface area contributed by atoms with E-state index in [2.05, 4.69) is 29.2 Å². The Morgan fingerprint density at radius 1 is 1.07 bits per heavy atom. The summed E-state index contributed by atoms with van der Waals surface area (Å²) in [7, 11) is 1.57. The number of carbonyl (C=O) groups excluding carboxylic acids is 3. The van der Waals surface area contributed by atoms with Crippen LogP contribution in [-0.4, -0.2) is 94.3 Å². The van der Waals surface area contributed by atoms with Gasteiger partial charge in [0.1, 0.15) is 28.9 Å². The topological polar surface area (TPSA) is 167 Å². The van der Waals surface area contributed by atoms with E-state index in [1.54, 1.807) is 27.9 Å². The molecular weight excluding hydrogens is 598 g/mol. The Bertz CT molecular complexity index is 1720. The lowest BCUT2D eigenvalue weighted by Gasteiger charge is -2.35. The van der Waals surface area contributed by atoms with Gasteiger partial charge in [-0.1, -0.05) is 19.9 Å². The second-order valence-corrected chi connectivity index (χ2v) is 12.6. The number of aryl methyl sites for hydroxylation is 1. The number of nitrogens with zero attached hydrogens (tertiary/aromatic N) is 5. The van der Waals surface area contributed by atoms with Gasteiger partial charge in [-0.25, -0.2) is 14.3 Å². The minimum atomic E-state index is -1.55. The first-order valence-corrected chi connectivity index (χ1v) is 15.6. The first kappa shape index (κ1) is 33.5. The van der Waals surface area contributed by atoms with E-state index in [1.165, 1.54) is 32.0 Å². The number of benzene rings is 1. The number of aromatic carboxylic acids is 1. The van der Waals surface area contributed by atoms with Crippen molar-refractivity contribution in [1.82, 2.24) is 29.7 Å². The fourth-order valence-electron chi connectivity index (χ4n) is 5.11. The molecule has 0 radical (unpaired) electrons. The predicted octanol–water partition coefficient (Wildman–Crippen LogP) is 3.18. The lowest BCUT2D eigenvalue weighted by atomic mass is 10.1. The highest BCUT2D eigenvalue weighted by Crippen LogP contribution is 2.44. The van der Waals surface area contributed by atoms with Crippen LogP contribution in [0.25, 0.3) is 26.0 Å². The summed E-state index contributed by atoms with van der Waals surface area (Å²) in [5, 5.41) is 20.9. The standard InChI is InChI=1S/C27H30N6O6S.C4H11N/c1-14-10-15-12-17(40-22(15)16(11-14)38-5)18-19(25(35)36)21(33-20(18)23(28)29-13-30-33)24(34)31-6-8-32(9-7-31)26(37)39-27(2,3)4;1-3-5-4-2/h10-13H,6-9H2,1-5H3,(H,35,36)(H2,28,29,30);5H,3-4H2,1-2H3/p-1. The number of piperazine rings is 1. The molecule has 0 aliphatic carbocycles. The lowest BCUT2D eigenvalue weighted by molar-refractivity contribution is -0.255. The van der Waals surface area contributed by atoms with Crippen LogP contribution in [0.4, 0.5) is 10.6 Å². The summed E-state index contributed by atoms with van der Waals surface area (Å²) in [6, 6.07) is 5.69. The Hall–Kier alpha value is -4.43. The summed E-state index contributed by atoms with van der Waals surface area (Å²) in [5.41, 5.74) is 6.45. The van der Waals surface area contributed by atoms with Crippen LogP contribution in [0, 0.1) is 6.92 Å². The molecule has 0 unspecified atom stereocenters. The van der Waals surface area contributed by atoms with Gasteiger partial charge in [-0.05, 0) is 63.9 Å². The van der Waals surface area contributed by atoms with Crippen molar-refractivity contribution in [3.63, 3.8) is 0 Å². The van der Waals surface area contributed by atoms with Crippen LogP contribution in [0.3, 0.4) is 0 Å². The maximum absolute atomic E-state index is 13.9. The number of anilines is 1. The number of fused-ring (bicyclic) bond motifs is 2. The van der Waals surface area contributed by atoms with Gasteiger partial charge in [0.2, 0.25) is 0 Å². The number of methoxy groups -OCH3 is 1. The number of hydrogen-bond acceptors (Lipinski definition) is 11. The van der Waals surface area contributed by atoms with E-state index in [0.717, 1.165) is 28.7 Å². The number of carbonyl (C=O) groups is 3. The number of nitrogen functional groups attached to an aromatic ring is 1. The Balaban J connectivity index is 0.000000854. The highest BCUT2D eigenvalue weighted by atomic mass is 32.1. The largest absolute Gasteiger partial charge is 0.545 e. The molecule has 4 heterocycles. The van der Waals surface area contributed by atoms with E-state index in [4.69, 9.17) is 15.2 Å². The molecule has 1 fully saturated rings. The maximum atomic E-state index is 13.9. The molecule has 45 heavy (non-hydrogen) atoms. The molecule has 1 saturated heterocycles. The first-order chi connectivity index (χ1) is 21.3. The summed E-state index contributed by atoms with van der Waals surface area (Å²) >= 11 is 1.31. The molecule has 242 valence electrons. The molecule has 1 aliphatic rings. The third-order valence-electron chi connectivity index (χ3n) is 7.07. The minimum Gasteiger partial charge on any atom is -0.545 e. The Morgan fingerprint density at radius 2 is 1.71 bits per heavy atom. The van der Waals surface area contributed by atoms with Crippen LogP contribution in [0.5, 0.6) is 5.75 Å². The summed E-state index contributed by atoms with van der Waals surface area (Å²) in [5.74, 6) is -1.46. The molecule has 1 aromatic carbocycles. The van der Waals surface area contributed by atoms with Crippen molar-refractivity contribution in [2.75, 3.05) is 52.1 Å². The molecule has 0 atom stereocenters. The summed E-state index contributed by atoms with van der Waals surface area (Å²) in [4.78, 5) is 46.7. The monoisotopic (exact) mass is 638 g/mol. The Kier molecular flexibility index (Phi) is 10.2. The maximum Gasteiger partial charge on any atom is 0.410 e. The molecule has 3 N–H and O–H groups in total. The van der Waals surface area contributed by atoms with E-state index < -0.39 is 23.6 Å². The quantitative estimate of drug-likeness (QED) is 0.320. The fraction of sp³-hybridized carbons (Fsp3) is 0.452. The van der Waals surface area contributed by atoms with Crippen LogP contribution >= 0.6 is 11.3 Å². The van der Waals surface area contributed by atoms with Gasteiger partial charge in [0.15, 0.2) is 5.82 Å². The molecule has 5 rings (SSSR count). The first-order valence-electron chi connectivity index (χ1n) is 14.7. The summed E-state index contributed by atoms with van der Waals surface area (Å²) in [6.07, 6.45) is 0.695. The van der Waals surface area contributed by atoms with Crippen LogP contribution in [0.15, 0.2) is 24.5 Å². The highest BCUT2D eigenvalue weighted by molar-refractivity contribution is 7.22. The Labute approximate surface area is 265 Å². The van der Waals surface area contributed by atoms with Gasteiger partial charge in [0.25, 0.3) is 5.91 Å². The van der Waals surface area contributed by atoms with Gasteiger partial charge in [-0.3, -0.25) is 4.79 Å². The van der Waals surface area contributed by atoms with E-state index >= 15 is 0 Å². The summed E-state index contributed by atoms with van der Waals surface area (Å²) in [6.45, 7) is 14.5. The second kappa shape index (κ2) is 13.7. The number of thiophene rings is 1. The lowest BCUT2D eigenvalue weighted by Crippen LogP contribution is -2.52. The summed E-state index contributed by atoms with van der Waals surface area (Å²) < 4.78 is 13.0. The van der Waals surface area contributed by atoms with Crippen molar-refractivity contribution in [3.05, 3.63) is 41.3 Å². The van der Waals surface area contributed by atoms with E-state index in [0.29, 0.717) is 10.6 Å². The molecule has 3 aromatic heterocycles. The number of carboxylic acid groups (broad SMARTS) is 1. The van der Waals surface area contributed by atoms with E-state index in [9.17, 15) is 19.5 Å². The highest BCUT2D eigenvalue weighted by Gasteiger charge is 2.34. The molecule has 13 nitrogen and oxygen atoms in total. The molecule has 4 aromatic rings. The zero-order valence-electron chi connectivity index (χ0n) is 26.7. The van der Waals surface area contributed by atoms with Crippen molar-refractivity contribution in [3.8, 4) is 16.2 Å². The van der Waals surface area contributed by atoms with Crippen LogP contribution < -0.4 is 20.9 Å². The predicted molar refractivity (Wildman–Crippen MR) is 172 cm³/mol. The number of amides is 2. The van der Waals surface area contributed by atoms with Crippen molar-refractivity contribution in [1.29, 1.82) is 0 Å². The SMILES string of the molecule is CCNCC.COc1cc(C)cc2cc(-c3c(C(=O)[O-])c(C(=O)N4CCN(C(=O)OC(C)(C)C)CC4)n4ncnc(N)c34)sc12. The van der Waals surface area contributed by atoms with Gasteiger partial charge < -0.3 is 40.2 Å². The number of nitrogens with two attached hydrogens (primary N) is 1. The van der Waals surface area contributed by atoms with Crippen molar-refractivity contribution >= 4 is 50.7 Å². The van der Waals surface area contributed by atoms with Crippen molar-refractivity contribution in [2.45, 2.75) is 47.1 Å². The zero-order chi connectivity index (χ0) is 33.1. The number of rotatable bonds is 6. The molecule has 0 bridgehead atoms. The van der Waals surface area contributed by atoms with Crippen molar-refractivity contribution < 1.29 is 29.0 Å². The number of hydrogen-bond donors (Lipinski definition) is 2. The minimum absolute atomic E-state index is 0.0156. The van der Waals surface area contributed by atoms with Gasteiger partial charge >= 0.3 is 6.09 Å². The van der Waals surface area contributed by atoms with Crippen LogP contribution in [0.2, 0.25) is 0 Å². The van der Waals surface area contributed by atoms with Crippen molar-refractivity contribution in [2.24, 2.45) is 0 Å². The molecule has 0 spiro atoms. The normalized spacial score (nSPS) is 13.5. The third kappa shape index (κ3) is 7.12. The zero-order valence-corrected chi connectivity index (χ0v) is 27.5. The fourth-order valence-corrected chi connectivity index (χ4v) is 6.29. The average molecular weight is 639 g/mol. The average Bonchev–Trinajstić information content (AvgIpc) is 3.56. The van der Waals surface area contributed by atoms with Gasteiger partial charge in [0.05, 0.1) is 17.8 Å². The third-order valence-corrected chi connectivity index (χ3v) is 8.25. The van der Waals surface area contributed by atoms with Gasteiger partial charge in [-0.15, -0.1) is 11.3 Å². The second-order valence-electron chi connectivity index (χ2n) is 11.5. The van der Waals surface area contributed by atoms with Gasteiger partial charge in [-0.2, -0.15) is 5.10 Å². The van der Waals surface area contributed by atoms with Gasteiger partial charge in [0, 0.05) is 42.2 Å². The Morgan fingerprint density at radius 3 is 2.27 bits per heavy atom. The number of ether oxygens (including phenoxy) is 2. The molecule has 1 aliphatic heterocycles. The number of nitrogens with one attached hydrogen (secondary N) is 1. The van der Waals surface area contributed by atoms with E-state index in [-0.39, 0.29) is 54.3 Å². The van der Waals surface area contributed by atoms with Crippen LogP contribution in [0.1, 0.15) is 61.0 Å².